The van der Waals surface area contributed by atoms with Crippen molar-refractivity contribution in [3.8, 4) is 0 Å². The zero-order valence-electron chi connectivity index (χ0n) is 12.0. The number of nitrogens with one attached hydrogen (secondary N) is 2. The number of rotatable bonds is 3. The minimum atomic E-state index is -0.322. The molecule has 2 aromatic rings. The van der Waals surface area contributed by atoms with Crippen molar-refractivity contribution in [2.24, 2.45) is 0 Å². The smallest absolute Gasteiger partial charge is 0.274 e. The van der Waals surface area contributed by atoms with Crippen molar-refractivity contribution in [3.63, 3.8) is 0 Å². The SMILES string of the molecule is CSc1cccc(Nc2nnc(C(C)(C)C)c(=O)[nH]2)c1. The van der Waals surface area contributed by atoms with E-state index in [0.717, 1.165) is 10.6 Å². The van der Waals surface area contributed by atoms with Crippen LogP contribution in [0.15, 0.2) is 34.0 Å². The van der Waals surface area contributed by atoms with Crippen LogP contribution in [0.4, 0.5) is 11.6 Å². The van der Waals surface area contributed by atoms with E-state index in [4.69, 9.17) is 0 Å². The quantitative estimate of drug-likeness (QED) is 0.850. The lowest BCUT2D eigenvalue weighted by Gasteiger charge is -2.15. The Kier molecular flexibility index (Phi) is 4.13. The first-order valence-corrected chi connectivity index (χ1v) is 7.51. The van der Waals surface area contributed by atoms with E-state index in [1.807, 2.05) is 51.3 Å². The minimum absolute atomic E-state index is 0.212. The summed E-state index contributed by atoms with van der Waals surface area (Å²) in [6.07, 6.45) is 2.01. The molecule has 0 fully saturated rings. The molecule has 2 N–H and O–H groups in total. The van der Waals surface area contributed by atoms with Gasteiger partial charge < -0.3 is 5.32 Å². The maximum atomic E-state index is 12.0. The van der Waals surface area contributed by atoms with E-state index in [1.54, 1.807) is 11.8 Å². The van der Waals surface area contributed by atoms with Gasteiger partial charge in [0.05, 0.1) is 0 Å². The Morgan fingerprint density at radius 2 is 2.00 bits per heavy atom. The Balaban J connectivity index is 2.27. The first-order valence-electron chi connectivity index (χ1n) is 6.29. The first kappa shape index (κ1) is 14.6. The summed E-state index contributed by atoms with van der Waals surface area (Å²) in [4.78, 5) is 15.9. The van der Waals surface area contributed by atoms with Gasteiger partial charge in [0.15, 0.2) is 0 Å². The second kappa shape index (κ2) is 5.66. The fourth-order valence-electron chi connectivity index (χ4n) is 1.72. The summed E-state index contributed by atoms with van der Waals surface area (Å²) in [5.74, 6) is 0.348. The molecule has 2 rings (SSSR count). The lowest BCUT2D eigenvalue weighted by atomic mass is 9.93. The van der Waals surface area contributed by atoms with Crippen LogP contribution in [-0.2, 0) is 5.41 Å². The summed E-state index contributed by atoms with van der Waals surface area (Å²) >= 11 is 1.65. The highest BCUT2D eigenvalue weighted by Crippen LogP contribution is 2.21. The number of benzene rings is 1. The third kappa shape index (κ3) is 3.39. The van der Waals surface area contributed by atoms with Crippen molar-refractivity contribution < 1.29 is 0 Å². The lowest BCUT2D eigenvalue weighted by molar-refractivity contribution is 0.547. The molecule has 0 bridgehead atoms. The van der Waals surface area contributed by atoms with E-state index in [-0.39, 0.29) is 11.0 Å². The minimum Gasteiger partial charge on any atom is -0.324 e. The zero-order valence-corrected chi connectivity index (χ0v) is 12.8. The molecule has 5 nitrogen and oxygen atoms in total. The van der Waals surface area contributed by atoms with Crippen molar-refractivity contribution in [2.45, 2.75) is 31.1 Å². The molecular weight excluding hydrogens is 272 g/mol. The second-order valence-electron chi connectivity index (χ2n) is 5.46. The molecule has 6 heteroatoms. The Labute approximate surface area is 122 Å². The molecule has 0 aliphatic rings. The summed E-state index contributed by atoms with van der Waals surface area (Å²) < 4.78 is 0. The van der Waals surface area contributed by atoms with Crippen LogP contribution in [0, 0.1) is 0 Å². The number of H-pyrrole nitrogens is 1. The standard InChI is InChI=1S/C14H18N4OS/c1-14(2,3)11-12(19)16-13(18-17-11)15-9-6-5-7-10(8-9)20-4/h5-8H,1-4H3,(H2,15,16,18,19). The third-order valence-corrected chi connectivity index (χ3v) is 3.47. The number of hydrogen-bond donors (Lipinski definition) is 2. The van der Waals surface area contributed by atoms with Crippen molar-refractivity contribution in [1.29, 1.82) is 0 Å². The van der Waals surface area contributed by atoms with E-state index in [2.05, 4.69) is 20.5 Å². The van der Waals surface area contributed by atoms with E-state index in [0.29, 0.717) is 11.6 Å². The molecule has 0 aliphatic carbocycles. The van der Waals surface area contributed by atoms with E-state index in [9.17, 15) is 4.79 Å². The van der Waals surface area contributed by atoms with Gasteiger partial charge in [-0.2, -0.15) is 0 Å². The molecule has 0 spiro atoms. The van der Waals surface area contributed by atoms with Crippen molar-refractivity contribution in [1.82, 2.24) is 15.2 Å². The highest BCUT2D eigenvalue weighted by atomic mass is 32.2. The largest absolute Gasteiger partial charge is 0.324 e. The summed E-state index contributed by atoms with van der Waals surface area (Å²) in [5, 5.41) is 11.1. The average Bonchev–Trinajstić information content (AvgIpc) is 2.37. The lowest BCUT2D eigenvalue weighted by Crippen LogP contribution is -2.28. The molecule has 1 aromatic heterocycles. The van der Waals surface area contributed by atoms with Crippen LogP contribution in [0.3, 0.4) is 0 Å². The van der Waals surface area contributed by atoms with Crippen LogP contribution in [0.25, 0.3) is 0 Å². The van der Waals surface area contributed by atoms with Gasteiger partial charge in [-0.1, -0.05) is 26.8 Å². The van der Waals surface area contributed by atoms with Gasteiger partial charge in [-0.05, 0) is 24.5 Å². The number of aromatic amines is 1. The fraction of sp³-hybridized carbons (Fsp3) is 0.357. The van der Waals surface area contributed by atoms with Gasteiger partial charge in [-0.25, -0.2) is 0 Å². The van der Waals surface area contributed by atoms with Gasteiger partial charge in [0.25, 0.3) is 5.56 Å². The number of thioether (sulfide) groups is 1. The highest BCUT2D eigenvalue weighted by molar-refractivity contribution is 7.98. The number of anilines is 2. The summed E-state index contributed by atoms with van der Waals surface area (Å²) in [5.41, 5.74) is 0.764. The molecule has 0 aliphatic heterocycles. The molecule has 0 unspecified atom stereocenters. The maximum absolute atomic E-state index is 12.0. The van der Waals surface area contributed by atoms with Gasteiger partial charge in [0.2, 0.25) is 5.95 Å². The first-order chi connectivity index (χ1) is 9.40. The molecule has 0 saturated heterocycles. The predicted molar refractivity (Wildman–Crippen MR) is 82.9 cm³/mol. The van der Waals surface area contributed by atoms with Gasteiger partial charge in [-0.15, -0.1) is 22.0 Å². The van der Waals surface area contributed by atoms with Crippen LogP contribution in [-0.4, -0.2) is 21.4 Å². The Morgan fingerprint density at radius 1 is 1.25 bits per heavy atom. The second-order valence-corrected chi connectivity index (χ2v) is 6.34. The fourth-order valence-corrected chi connectivity index (χ4v) is 2.18. The number of nitrogens with zero attached hydrogens (tertiary/aromatic N) is 2. The van der Waals surface area contributed by atoms with Crippen molar-refractivity contribution in [3.05, 3.63) is 40.3 Å². The van der Waals surface area contributed by atoms with E-state index in [1.165, 1.54) is 0 Å². The average molecular weight is 290 g/mol. The van der Waals surface area contributed by atoms with Crippen molar-refractivity contribution >= 4 is 23.4 Å². The highest BCUT2D eigenvalue weighted by Gasteiger charge is 2.20. The Hall–Kier alpha value is -1.82. The normalized spacial score (nSPS) is 11.4. The van der Waals surface area contributed by atoms with Gasteiger partial charge in [0.1, 0.15) is 5.69 Å². The molecule has 106 valence electrons. The van der Waals surface area contributed by atoms with E-state index >= 15 is 0 Å². The Bertz CT molecular complexity index is 661. The monoisotopic (exact) mass is 290 g/mol. The van der Waals surface area contributed by atoms with Crippen LogP contribution in [0.5, 0.6) is 0 Å². The molecular formula is C14H18N4OS. The van der Waals surface area contributed by atoms with Crippen LogP contribution < -0.4 is 10.9 Å². The predicted octanol–water partition coefficient (Wildman–Crippen LogP) is 2.93. The van der Waals surface area contributed by atoms with Crippen LogP contribution in [0.1, 0.15) is 26.5 Å². The van der Waals surface area contributed by atoms with Gasteiger partial charge in [0, 0.05) is 16.0 Å². The Morgan fingerprint density at radius 3 is 2.60 bits per heavy atom. The molecule has 1 heterocycles. The van der Waals surface area contributed by atoms with Crippen LogP contribution >= 0.6 is 11.8 Å². The molecule has 0 atom stereocenters. The topological polar surface area (TPSA) is 70.7 Å². The number of hydrogen-bond acceptors (Lipinski definition) is 5. The zero-order chi connectivity index (χ0) is 14.8. The van der Waals surface area contributed by atoms with Gasteiger partial charge in [-0.3, -0.25) is 9.78 Å². The molecule has 0 amide bonds. The summed E-state index contributed by atoms with van der Waals surface area (Å²) in [7, 11) is 0. The van der Waals surface area contributed by atoms with E-state index < -0.39 is 0 Å². The van der Waals surface area contributed by atoms with Crippen molar-refractivity contribution in [2.75, 3.05) is 11.6 Å². The maximum Gasteiger partial charge on any atom is 0.274 e. The van der Waals surface area contributed by atoms with Crippen LogP contribution in [0.2, 0.25) is 0 Å². The summed E-state index contributed by atoms with van der Waals surface area (Å²) in [6.45, 7) is 5.80. The summed E-state index contributed by atoms with van der Waals surface area (Å²) in [6, 6.07) is 7.87. The molecule has 1 aromatic carbocycles. The molecule has 20 heavy (non-hydrogen) atoms. The number of aromatic nitrogens is 3. The molecule has 0 radical (unpaired) electrons. The molecule has 0 saturated carbocycles. The third-order valence-electron chi connectivity index (χ3n) is 2.74. The van der Waals surface area contributed by atoms with Gasteiger partial charge >= 0.3 is 0 Å².